The Morgan fingerprint density at radius 3 is 1.95 bits per heavy atom. The summed E-state index contributed by atoms with van der Waals surface area (Å²) in [5.41, 5.74) is 1.60. The molecule has 0 aromatic heterocycles. The summed E-state index contributed by atoms with van der Waals surface area (Å²) < 4.78 is 17.3. The first-order valence-corrected chi connectivity index (χ1v) is 17.6. The van der Waals surface area contributed by atoms with Crippen LogP contribution in [0.5, 0.6) is 5.75 Å². The molecule has 1 aromatic rings. The average Bonchev–Trinajstić information content (AvgIpc) is 2.90. The molecule has 0 radical (unpaired) electrons. The van der Waals surface area contributed by atoms with Crippen molar-refractivity contribution in [3.8, 4) is 5.75 Å². The molecule has 0 fully saturated rings. The number of carbonyl (C=O) groups excluding carboxylic acids is 3. The van der Waals surface area contributed by atoms with E-state index in [1.807, 2.05) is 38.1 Å². The number of ether oxygens (including phenoxy) is 2. The second-order valence-corrected chi connectivity index (χ2v) is 18.5. The van der Waals surface area contributed by atoms with Crippen LogP contribution in [0.3, 0.4) is 0 Å². The molecule has 9 heteroatoms. The van der Waals surface area contributed by atoms with Crippen molar-refractivity contribution in [1.82, 2.24) is 10.6 Å². The average molecular weight is 617 g/mol. The number of esters is 1. The third kappa shape index (κ3) is 12.2. The Bertz CT molecular complexity index is 1050. The molecule has 0 aliphatic carbocycles. The van der Waals surface area contributed by atoms with Crippen LogP contribution in [0.2, 0.25) is 16.6 Å². The molecule has 0 aliphatic rings. The predicted octanol–water partition coefficient (Wildman–Crippen LogP) is 7.49. The maximum Gasteiger partial charge on any atom is 0.408 e. The van der Waals surface area contributed by atoms with Crippen LogP contribution < -0.4 is 15.1 Å². The van der Waals surface area contributed by atoms with Crippen molar-refractivity contribution in [2.75, 3.05) is 6.61 Å². The minimum Gasteiger partial charge on any atom is -0.543 e. The lowest BCUT2D eigenvalue weighted by Crippen LogP contribution is -2.53. The number of benzene rings is 1. The van der Waals surface area contributed by atoms with Crippen molar-refractivity contribution in [3.05, 3.63) is 54.6 Å². The van der Waals surface area contributed by atoms with E-state index < -0.39 is 38.1 Å². The fraction of sp³-hybridized carbons (Fsp3) is 0.618. The zero-order chi connectivity index (χ0) is 33.0. The Kier molecular flexibility index (Phi) is 15.3. The van der Waals surface area contributed by atoms with Crippen LogP contribution in [0.25, 0.3) is 0 Å². The van der Waals surface area contributed by atoms with Gasteiger partial charge in [-0.15, -0.1) is 0 Å². The first-order valence-electron chi connectivity index (χ1n) is 15.5. The number of amides is 2. The predicted molar refractivity (Wildman–Crippen MR) is 177 cm³/mol. The summed E-state index contributed by atoms with van der Waals surface area (Å²) in [5.74, 6) is -0.214. The van der Waals surface area contributed by atoms with E-state index in [0.29, 0.717) is 29.5 Å². The maximum absolute atomic E-state index is 13.5. The molecule has 3 atom stereocenters. The first-order chi connectivity index (χ1) is 20.0. The summed E-state index contributed by atoms with van der Waals surface area (Å²) in [6, 6.07) is 6.58. The summed E-state index contributed by atoms with van der Waals surface area (Å²) in [6.45, 7) is 26.3. The molecule has 1 rings (SSSR count). The van der Waals surface area contributed by atoms with E-state index in [4.69, 9.17) is 13.9 Å². The zero-order valence-electron chi connectivity index (χ0n) is 28.3. The third-order valence-corrected chi connectivity index (χ3v) is 13.7. The largest absolute Gasteiger partial charge is 0.543 e. The molecule has 0 unspecified atom stereocenters. The molecule has 0 aliphatic heterocycles. The summed E-state index contributed by atoms with van der Waals surface area (Å²) >= 11 is 0. The molecule has 8 nitrogen and oxygen atoms in total. The number of hydrogen-bond donors (Lipinski definition) is 2. The molecular weight excluding hydrogens is 560 g/mol. The van der Waals surface area contributed by atoms with Gasteiger partial charge in [0.25, 0.3) is 8.32 Å². The van der Waals surface area contributed by atoms with E-state index in [9.17, 15) is 14.4 Å². The highest BCUT2D eigenvalue weighted by Gasteiger charge is 2.47. The molecule has 0 bridgehead atoms. The number of nitrogens with one attached hydrogen (secondary N) is 2. The summed E-state index contributed by atoms with van der Waals surface area (Å²) in [6.07, 6.45) is 4.83. The lowest BCUT2D eigenvalue weighted by atomic mass is 9.97. The van der Waals surface area contributed by atoms with Gasteiger partial charge in [0.05, 0.1) is 6.04 Å². The number of carbonyl (C=O) groups is 3. The first kappa shape index (κ1) is 38.0. The standard InChI is InChI=1S/C34H56N2O6Si/c1-13-21-40-30(37)20-17-28(35-32(38)31(26(9)14-2)36-33(39)41-34(10,11)12)22-27-15-18-29(19-16-27)42-43(23(3)4,24(5)6)25(7)8/h13,15-20,23-26,28,31H,1,14,21-22H2,2-12H3,(H,35,38)(H,36,39)/b20-17+/t26-,28+,31+/m0/s1. The Morgan fingerprint density at radius 2 is 1.49 bits per heavy atom. The van der Waals surface area contributed by atoms with Gasteiger partial charge in [0.15, 0.2) is 0 Å². The molecule has 2 N–H and O–H groups in total. The van der Waals surface area contributed by atoms with Crippen LogP contribution in [0.4, 0.5) is 4.79 Å². The molecule has 43 heavy (non-hydrogen) atoms. The fourth-order valence-electron chi connectivity index (χ4n) is 5.47. The Hall–Kier alpha value is -3.07. The normalized spacial score (nSPS) is 14.4. The molecular formula is C34H56N2O6Si. The fourth-order valence-corrected chi connectivity index (χ4v) is 10.7. The highest BCUT2D eigenvalue weighted by molar-refractivity contribution is 6.78. The zero-order valence-corrected chi connectivity index (χ0v) is 29.3. The summed E-state index contributed by atoms with van der Waals surface area (Å²) in [4.78, 5) is 38.2. The van der Waals surface area contributed by atoms with E-state index in [2.05, 4.69) is 58.8 Å². The number of hydrogen-bond acceptors (Lipinski definition) is 6. The third-order valence-electron chi connectivity index (χ3n) is 7.68. The Labute approximate surface area is 261 Å². The van der Waals surface area contributed by atoms with Gasteiger partial charge >= 0.3 is 12.1 Å². The van der Waals surface area contributed by atoms with Crippen LogP contribution in [0, 0.1) is 5.92 Å². The smallest absolute Gasteiger partial charge is 0.408 e. The van der Waals surface area contributed by atoms with Crippen LogP contribution in [0.15, 0.2) is 49.1 Å². The second-order valence-electron chi connectivity index (χ2n) is 13.2. The molecule has 242 valence electrons. The van der Waals surface area contributed by atoms with E-state index in [1.165, 1.54) is 12.2 Å². The van der Waals surface area contributed by atoms with Gasteiger partial charge in [-0.25, -0.2) is 9.59 Å². The van der Waals surface area contributed by atoms with Crippen molar-refractivity contribution in [1.29, 1.82) is 0 Å². The topological polar surface area (TPSA) is 103 Å². The highest BCUT2D eigenvalue weighted by Crippen LogP contribution is 2.42. The lowest BCUT2D eigenvalue weighted by molar-refractivity contribution is -0.136. The van der Waals surface area contributed by atoms with Gasteiger partial charge in [-0.05, 0) is 67.4 Å². The molecule has 0 heterocycles. The van der Waals surface area contributed by atoms with Crippen molar-refractivity contribution in [3.63, 3.8) is 0 Å². The second kappa shape index (κ2) is 17.3. The van der Waals surface area contributed by atoms with E-state index in [-0.39, 0.29) is 18.4 Å². The van der Waals surface area contributed by atoms with Crippen LogP contribution >= 0.6 is 0 Å². The monoisotopic (exact) mass is 616 g/mol. The highest BCUT2D eigenvalue weighted by atomic mass is 28.4. The Morgan fingerprint density at radius 1 is 0.930 bits per heavy atom. The minimum atomic E-state index is -2.10. The van der Waals surface area contributed by atoms with Crippen LogP contribution in [0.1, 0.15) is 88.1 Å². The van der Waals surface area contributed by atoms with E-state index >= 15 is 0 Å². The van der Waals surface area contributed by atoms with Crippen molar-refractivity contribution >= 4 is 26.3 Å². The molecule has 1 aromatic carbocycles. The van der Waals surface area contributed by atoms with Gasteiger partial charge in [0.2, 0.25) is 5.91 Å². The van der Waals surface area contributed by atoms with Crippen molar-refractivity contribution in [2.24, 2.45) is 5.92 Å². The van der Waals surface area contributed by atoms with Gasteiger partial charge in [-0.2, -0.15) is 0 Å². The number of alkyl carbamates (subject to hydrolysis) is 1. The molecule has 2 amide bonds. The minimum absolute atomic E-state index is 0.0888. The molecule has 0 saturated heterocycles. The van der Waals surface area contributed by atoms with Gasteiger partial charge < -0.3 is 24.5 Å². The summed E-state index contributed by atoms with van der Waals surface area (Å²) in [5, 5.41) is 5.74. The van der Waals surface area contributed by atoms with Gasteiger partial charge in [-0.1, -0.05) is 92.7 Å². The lowest BCUT2D eigenvalue weighted by Gasteiger charge is -2.42. The summed E-state index contributed by atoms with van der Waals surface area (Å²) in [7, 11) is -2.10. The SMILES string of the molecule is C=CCOC(=O)/C=C/[C@H](Cc1ccc(O[Si](C(C)C)(C(C)C)C(C)C)cc1)NC(=O)[C@H](NC(=O)OC(C)(C)C)[C@@H](C)CC. The maximum atomic E-state index is 13.5. The molecule has 0 spiro atoms. The van der Waals surface area contributed by atoms with Crippen molar-refractivity contribution in [2.45, 2.75) is 123 Å². The van der Waals surface area contributed by atoms with Crippen LogP contribution in [-0.4, -0.2) is 50.6 Å². The van der Waals surface area contributed by atoms with E-state index in [0.717, 1.165) is 11.3 Å². The molecule has 0 saturated carbocycles. The van der Waals surface area contributed by atoms with Crippen molar-refractivity contribution < 1.29 is 28.3 Å². The quantitative estimate of drug-likeness (QED) is 0.0863. The Balaban J connectivity index is 3.25. The van der Waals surface area contributed by atoms with Gasteiger partial charge in [0.1, 0.15) is 24.0 Å². The van der Waals surface area contributed by atoms with Crippen LogP contribution in [-0.2, 0) is 25.5 Å². The van der Waals surface area contributed by atoms with Gasteiger partial charge in [0, 0.05) is 6.08 Å². The number of rotatable bonds is 16. The van der Waals surface area contributed by atoms with Gasteiger partial charge in [-0.3, -0.25) is 4.79 Å². The van der Waals surface area contributed by atoms with E-state index in [1.54, 1.807) is 26.8 Å².